The Balaban J connectivity index is 1.67. The minimum absolute atomic E-state index is 0.0451. The first-order valence-electron chi connectivity index (χ1n) is 6.49. The molecule has 1 aromatic rings. The molecule has 3 N–H and O–H groups in total. The summed E-state index contributed by atoms with van der Waals surface area (Å²) in [6.07, 6.45) is 2.87. The lowest BCUT2D eigenvalue weighted by Gasteiger charge is -2.36. The highest BCUT2D eigenvalue weighted by Gasteiger charge is 2.34. The fourth-order valence-electron chi connectivity index (χ4n) is 2.46. The van der Waals surface area contributed by atoms with Gasteiger partial charge in [-0.1, -0.05) is 6.07 Å². The van der Waals surface area contributed by atoms with E-state index in [0.717, 1.165) is 24.8 Å². The number of rotatable bonds is 3. The van der Waals surface area contributed by atoms with Crippen LogP contribution in [-0.4, -0.2) is 29.1 Å². The molecule has 5 nitrogen and oxygen atoms in total. The molecule has 3 rings (SSSR count). The number of hydrogen-bond acceptors (Lipinski definition) is 3. The van der Waals surface area contributed by atoms with Crippen LogP contribution in [0.25, 0.3) is 0 Å². The molecule has 5 heteroatoms. The molecule has 0 saturated heterocycles. The molecule has 1 aromatic carbocycles. The molecule has 19 heavy (non-hydrogen) atoms. The van der Waals surface area contributed by atoms with Gasteiger partial charge in [-0.3, -0.25) is 9.59 Å². The average Bonchev–Trinajstić information content (AvgIpc) is 2.72. The number of nitrogens with one attached hydrogen (secondary N) is 2. The zero-order chi connectivity index (χ0) is 13.5. The Morgan fingerprint density at radius 1 is 1.42 bits per heavy atom. The van der Waals surface area contributed by atoms with Crippen molar-refractivity contribution in [3.05, 3.63) is 29.3 Å². The summed E-state index contributed by atoms with van der Waals surface area (Å²) in [6.45, 7) is 0.287. The molecule has 1 aliphatic carbocycles. The predicted molar refractivity (Wildman–Crippen MR) is 69.9 cm³/mol. The average molecular weight is 260 g/mol. The third-order valence-corrected chi connectivity index (χ3v) is 3.86. The summed E-state index contributed by atoms with van der Waals surface area (Å²) < 4.78 is 0. The van der Waals surface area contributed by atoms with Crippen LogP contribution in [0.3, 0.4) is 0 Å². The zero-order valence-corrected chi connectivity index (χ0v) is 10.5. The molecule has 1 aliphatic heterocycles. The zero-order valence-electron chi connectivity index (χ0n) is 10.5. The second-order valence-corrected chi connectivity index (χ2v) is 5.36. The first-order valence-corrected chi connectivity index (χ1v) is 6.49. The van der Waals surface area contributed by atoms with Crippen LogP contribution in [0.1, 0.15) is 35.2 Å². The third-order valence-electron chi connectivity index (χ3n) is 3.86. The Morgan fingerprint density at radius 3 is 2.89 bits per heavy atom. The molecular weight excluding hydrogens is 244 g/mol. The quantitative estimate of drug-likeness (QED) is 0.753. The second-order valence-electron chi connectivity index (χ2n) is 5.36. The van der Waals surface area contributed by atoms with Gasteiger partial charge in [-0.2, -0.15) is 0 Å². The van der Waals surface area contributed by atoms with Gasteiger partial charge in [0.1, 0.15) is 0 Å². The van der Waals surface area contributed by atoms with Crippen molar-refractivity contribution in [1.82, 2.24) is 5.32 Å². The van der Waals surface area contributed by atoms with Gasteiger partial charge in [-0.05, 0) is 37.0 Å². The summed E-state index contributed by atoms with van der Waals surface area (Å²) in [5.41, 5.74) is 1.41. The summed E-state index contributed by atoms with van der Waals surface area (Å²) in [4.78, 5) is 23.2. The van der Waals surface area contributed by atoms with Gasteiger partial charge >= 0.3 is 0 Å². The summed E-state index contributed by atoms with van der Waals surface area (Å²) >= 11 is 0. The van der Waals surface area contributed by atoms with Crippen LogP contribution in [0.4, 0.5) is 5.69 Å². The Labute approximate surface area is 111 Å². The van der Waals surface area contributed by atoms with Crippen LogP contribution in [0.15, 0.2) is 18.2 Å². The number of carbonyl (C=O) groups is 2. The van der Waals surface area contributed by atoms with E-state index in [0.29, 0.717) is 17.7 Å². The van der Waals surface area contributed by atoms with E-state index in [1.807, 2.05) is 0 Å². The Bertz CT molecular complexity index is 550. The van der Waals surface area contributed by atoms with Gasteiger partial charge in [0.05, 0.1) is 12.0 Å². The van der Waals surface area contributed by atoms with Gasteiger partial charge in [-0.25, -0.2) is 0 Å². The highest BCUT2D eigenvalue weighted by molar-refractivity contribution is 6.02. The van der Waals surface area contributed by atoms with Crippen LogP contribution in [0.5, 0.6) is 0 Å². The normalized spacial score (nSPS) is 19.3. The molecule has 0 aromatic heterocycles. The molecule has 0 unspecified atom stereocenters. The van der Waals surface area contributed by atoms with Crippen molar-refractivity contribution in [3.8, 4) is 0 Å². The number of anilines is 1. The second kappa shape index (κ2) is 4.35. The molecule has 2 aliphatic rings. The Hall–Kier alpha value is -1.88. The van der Waals surface area contributed by atoms with Gasteiger partial charge in [0.2, 0.25) is 5.91 Å². The number of aliphatic hydroxyl groups is 1. The lowest BCUT2D eigenvalue weighted by Crippen LogP contribution is -2.47. The molecule has 1 saturated carbocycles. The first kappa shape index (κ1) is 12.2. The maximum Gasteiger partial charge on any atom is 0.251 e. The molecular formula is C14H16N2O3. The van der Waals surface area contributed by atoms with Crippen LogP contribution in [-0.2, 0) is 11.2 Å². The summed E-state index contributed by atoms with van der Waals surface area (Å²) in [6, 6.07) is 5.18. The summed E-state index contributed by atoms with van der Waals surface area (Å²) in [7, 11) is 0. The maximum absolute atomic E-state index is 12.0. The monoisotopic (exact) mass is 260 g/mol. The van der Waals surface area contributed by atoms with Crippen molar-refractivity contribution in [1.29, 1.82) is 0 Å². The molecule has 0 radical (unpaired) electrons. The van der Waals surface area contributed by atoms with E-state index in [4.69, 9.17) is 0 Å². The highest BCUT2D eigenvalue weighted by Crippen LogP contribution is 2.30. The lowest BCUT2D eigenvalue weighted by atomic mass is 9.80. The van der Waals surface area contributed by atoms with Crippen LogP contribution < -0.4 is 10.6 Å². The van der Waals surface area contributed by atoms with E-state index >= 15 is 0 Å². The van der Waals surface area contributed by atoms with Crippen molar-refractivity contribution >= 4 is 17.5 Å². The minimum atomic E-state index is -0.722. The molecule has 0 atom stereocenters. The number of fused-ring (bicyclic) bond motifs is 1. The standard InChI is InChI=1S/C14H16N2O3/c17-12-7-9-2-3-10(6-11(9)16-12)13(18)15-8-14(19)4-1-5-14/h2-3,6,19H,1,4-5,7-8H2,(H,15,18)(H,16,17). The Kier molecular flexibility index (Phi) is 2.78. The fourth-order valence-corrected chi connectivity index (χ4v) is 2.46. The van der Waals surface area contributed by atoms with Gasteiger partial charge in [0.15, 0.2) is 0 Å². The smallest absolute Gasteiger partial charge is 0.251 e. The van der Waals surface area contributed by atoms with Crippen molar-refractivity contribution in [2.24, 2.45) is 0 Å². The van der Waals surface area contributed by atoms with E-state index in [1.165, 1.54) is 0 Å². The van der Waals surface area contributed by atoms with Gasteiger partial charge < -0.3 is 15.7 Å². The summed E-state index contributed by atoms with van der Waals surface area (Å²) in [5.74, 6) is -0.263. The Morgan fingerprint density at radius 2 is 2.21 bits per heavy atom. The topological polar surface area (TPSA) is 78.4 Å². The number of hydrogen-bond donors (Lipinski definition) is 3. The molecule has 100 valence electrons. The lowest BCUT2D eigenvalue weighted by molar-refractivity contribution is -0.115. The maximum atomic E-state index is 12.0. The molecule has 0 spiro atoms. The minimum Gasteiger partial charge on any atom is -0.388 e. The van der Waals surface area contributed by atoms with Crippen LogP contribution >= 0.6 is 0 Å². The number of amides is 2. The fraction of sp³-hybridized carbons (Fsp3) is 0.429. The van der Waals surface area contributed by atoms with Crippen molar-refractivity contribution < 1.29 is 14.7 Å². The van der Waals surface area contributed by atoms with E-state index in [9.17, 15) is 14.7 Å². The van der Waals surface area contributed by atoms with Crippen LogP contribution in [0.2, 0.25) is 0 Å². The largest absolute Gasteiger partial charge is 0.388 e. The predicted octanol–water partition coefficient (Wildman–Crippen LogP) is 0.826. The highest BCUT2D eigenvalue weighted by atomic mass is 16.3. The first-order chi connectivity index (χ1) is 9.06. The number of carbonyl (C=O) groups excluding carboxylic acids is 2. The third kappa shape index (κ3) is 2.33. The van der Waals surface area contributed by atoms with Crippen molar-refractivity contribution in [2.75, 3.05) is 11.9 Å². The summed E-state index contributed by atoms with van der Waals surface area (Å²) in [5, 5.41) is 15.4. The SMILES string of the molecule is O=C1Cc2ccc(C(=O)NCC3(O)CCC3)cc2N1. The van der Waals surface area contributed by atoms with E-state index < -0.39 is 5.60 Å². The van der Waals surface area contributed by atoms with Gasteiger partial charge in [-0.15, -0.1) is 0 Å². The van der Waals surface area contributed by atoms with E-state index in [2.05, 4.69) is 10.6 Å². The van der Waals surface area contributed by atoms with E-state index in [1.54, 1.807) is 18.2 Å². The van der Waals surface area contributed by atoms with Crippen molar-refractivity contribution in [2.45, 2.75) is 31.3 Å². The number of benzene rings is 1. The van der Waals surface area contributed by atoms with Gasteiger partial charge in [0.25, 0.3) is 5.91 Å². The van der Waals surface area contributed by atoms with E-state index in [-0.39, 0.29) is 18.4 Å². The van der Waals surface area contributed by atoms with Crippen molar-refractivity contribution in [3.63, 3.8) is 0 Å². The molecule has 1 fully saturated rings. The van der Waals surface area contributed by atoms with Crippen LogP contribution in [0, 0.1) is 0 Å². The van der Waals surface area contributed by atoms with Gasteiger partial charge in [0, 0.05) is 17.8 Å². The molecule has 0 bridgehead atoms. The molecule has 2 amide bonds. The molecule has 1 heterocycles.